The number of carbonyl (C=O) groups excluding carboxylic acids is 1. The van der Waals surface area contributed by atoms with Crippen LogP contribution in [0.4, 0.5) is 4.79 Å². The molecule has 116 valence electrons. The van der Waals surface area contributed by atoms with Gasteiger partial charge in [0.15, 0.2) is 0 Å². The van der Waals surface area contributed by atoms with Crippen molar-refractivity contribution in [2.45, 2.75) is 18.9 Å². The number of carboxylic acids is 1. The van der Waals surface area contributed by atoms with Crippen molar-refractivity contribution in [3.63, 3.8) is 0 Å². The van der Waals surface area contributed by atoms with Crippen molar-refractivity contribution in [1.82, 2.24) is 0 Å². The Morgan fingerprint density at radius 1 is 1.24 bits per heavy atom. The molecular formula is C14H19NO6. The van der Waals surface area contributed by atoms with Crippen molar-refractivity contribution < 1.29 is 28.9 Å². The van der Waals surface area contributed by atoms with Crippen molar-refractivity contribution in [1.29, 1.82) is 0 Å². The summed E-state index contributed by atoms with van der Waals surface area (Å²) in [6, 6.07) is 5.45. The maximum absolute atomic E-state index is 11.3. The maximum Gasteiger partial charge on any atom is 0.513 e. The maximum atomic E-state index is 11.3. The zero-order valence-electron chi connectivity index (χ0n) is 11.8. The van der Waals surface area contributed by atoms with Crippen LogP contribution in [0.2, 0.25) is 0 Å². The highest BCUT2D eigenvalue weighted by Crippen LogP contribution is 2.14. The van der Waals surface area contributed by atoms with Gasteiger partial charge in [-0.2, -0.15) is 0 Å². The zero-order chi connectivity index (χ0) is 15.7. The lowest BCUT2D eigenvalue weighted by Crippen LogP contribution is -2.32. The number of methoxy groups -OCH3 is 1. The summed E-state index contributed by atoms with van der Waals surface area (Å²) in [5, 5.41) is 8.72. The van der Waals surface area contributed by atoms with Crippen LogP contribution < -0.4 is 10.5 Å². The fourth-order valence-corrected chi connectivity index (χ4v) is 1.52. The highest BCUT2D eigenvalue weighted by Gasteiger charge is 2.12. The van der Waals surface area contributed by atoms with Crippen LogP contribution in [-0.4, -0.2) is 43.6 Å². The number of hydrogen-bond donors (Lipinski definition) is 2. The molecular weight excluding hydrogens is 278 g/mol. The molecule has 0 aliphatic carbocycles. The third kappa shape index (κ3) is 6.73. The highest BCUT2D eigenvalue weighted by molar-refractivity contribution is 5.73. The minimum Gasteiger partial charge on any atom is -0.480 e. The summed E-state index contributed by atoms with van der Waals surface area (Å²) < 4.78 is 14.6. The van der Waals surface area contributed by atoms with Gasteiger partial charge in [0.2, 0.25) is 0 Å². The van der Waals surface area contributed by atoms with E-state index in [0.29, 0.717) is 18.8 Å². The molecule has 0 radical (unpaired) electrons. The molecule has 0 bridgehead atoms. The Kier molecular flexibility index (Phi) is 7.20. The lowest BCUT2D eigenvalue weighted by atomic mass is 10.1. The number of rotatable bonds is 8. The summed E-state index contributed by atoms with van der Waals surface area (Å²) in [4.78, 5) is 22.0. The Morgan fingerprint density at radius 3 is 2.48 bits per heavy atom. The number of aliphatic carboxylic acids is 1. The van der Waals surface area contributed by atoms with Crippen molar-refractivity contribution in [3.8, 4) is 5.75 Å². The summed E-state index contributed by atoms with van der Waals surface area (Å²) in [7, 11) is 1.57. The summed E-state index contributed by atoms with van der Waals surface area (Å²) in [5.74, 6) is -0.741. The lowest BCUT2D eigenvalue weighted by molar-refractivity contribution is -0.138. The number of carboxylic acid groups (broad SMARTS) is 1. The van der Waals surface area contributed by atoms with E-state index in [1.807, 2.05) is 0 Å². The second-order valence-electron chi connectivity index (χ2n) is 4.34. The molecule has 1 aromatic rings. The van der Waals surface area contributed by atoms with Crippen LogP contribution in [0.5, 0.6) is 5.75 Å². The zero-order valence-corrected chi connectivity index (χ0v) is 11.8. The van der Waals surface area contributed by atoms with Crippen molar-refractivity contribution in [3.05, 3.63) is 29.8 Å². The van der Waals surface area contributed by atoms with Gasteiger partial charge >= 0.3 is 12.1 Å². The van der Waals surface area contributed by atoms with Crippen LogP contribution in [0.15, 0.2) is 24.3 Å². The third-order valence-electron chi connectivity index (χ3n) is 2.61. The van der Waals surface area contributed by atoms with Crippen molar-refractivity contribution >= 4 is 12.1 Å². The van der Waals surface area contributed by atoms with Gasteiger partial charge in [-0.1, -0.05) is 12.1 Å². The largest absolute Gasteiger partial charge is 0.513 e. The molecule has 1 rings (SSSR count). The molecule has 0 saturated carbocycles. The molecule has 0 fully saturated rings. The monoisotopic (exact) mass is 297 g/mol. The smallest absolute Gasteiger partial charge is 0.480 e. The fraction of sp³-hybridized carbons (Fsp3) is 0.429. The second kappa shape index (κ2) is 8.93. The van der Waals surface area contributed by atoms with Crippen molar-refractivity contribution in [2.24, 2.45) is 5.73 Å². The van der Waals surface area contributed by atoms with Crippen LogP contribution in [-0.2, 0) is 20.7 Å². The van der Waals surface area contributed by atoms with Gasteiger partial charge in [-0.3, -0.25) is 4.79 Å². The molecule has 1 atom stereocenters. The minimum atomic E-state index is -1.06. The molecule has 1 aromatic carbocycles. The van der Waals surface area contributed by atoms with E-state index in [2.05, 4.69) is 0 Å². The predicted octanol–water partition coefficient (Wildman–Crippen LogP) is 1.19. The van der Waals surface area contributed by atoms with E-state index >= 15 is 0 Å². The van der Waals surface area contributed by atoms with Gasteiger partial charge in [0.25, 0.3) is 0 Å². The summed E-state index contributed by atoms with van der Waals surface area (Å²) >= 11 is 0. The summed E-state index contributed by atoms with van der Waals surface area (Å²) in [6.45, 7) is 0.726. The van der Waals surface area contributed by atoms with Crippen molar-refractivity contribution in [2.75, 3.05) is 20.3 Å². The fourth-order valence-electron chi connectivity index (χ4n) is 1.52. The van der Waals surface area contributed by atoms with Gasteiger partial charge in [0.05, 0.1) is 6.61 Å². The minimum absolute atomic E-state index is 0.205. The molecule has 21 heavy (non-hydrogen) atoms. The Hall–Kier alpha value is -2.12. The Labute approximate surface area is 122 Å². The molecule has 7 heteroatoms. The first-order valence-electron chi connectivity index (χ1n) is 6.44. The SMILES string of the molecule is COCCCOC(=O)Oc1ccc(CC(N)C(=O)O)cc1. The topological polar surface area (TPSA) is 108 Å². The van der Waals surface area contributed by atoms with Gasteiger partial charge in [0, 0.05) is 20.1 Å². The normalized spacial score (nSPS) is 11.7. The molecule has 0 heterocycles. The summed E-state index contributed by atoms with van der Waals surface area (Å²) in [6.07, 6.45) is 0.00963. The van der Waals surface area contributed by atoms with E-state index in [1.54, 1.807) is 31.4 Å². The first-order valence-corrected chi connectivity index (χ1v) is 6.44. The molecule has 0 amide bonds. The van der Waals surface area contributed by atoms with Gasteiger partial charge in [-0.05, 0) is 24.1 Å². The molecule has 0 spiro atoms. The van der Waals surface area contributed by atoms with E-state index in [1.165, 1.54) is 0 Å². The van der Waals surface area contributed by atoms with Crippen LogP contribution in [0.25, 0.3) is 0 Å². The Bertz CT molecular complexity index is 459. The quantitative estimate of drug-likeness (QED) is 0.421. The van der Waals surface area contributed by atoms with Crippen LogP contribution in [0.3, 0.4) is 0 Å². The molecule has 3 N–H and O–H groups in total. The second-order valence-corrected chi connectivity index (χ2v) is 4.34. The number of benzene rings is 1. The molecule has 0 saturated heterocycles. The average molecular weight is 297 g/mol. The standard InChI is InChI=1S/C14H19NO6/c1-19-7-2-8-20-14(18)21-11-5-3-10(4-6-11)9-12(15)13(16)17/h3-6,12H,2,7-9,15H2,1H3,(H,16,17). The van der Waals surface area contributed by atoms with E-state index < -0.39 is 18.2 Å². The molecule has 7 nitrogen and oxygen atoms in total. The average Bonchev–Trinajstić information content (AvgIpc) is 2.45. The van der Waals surface area contributed by atoms with E-state index in [9.17, 15) is 9.59 Å². The Balaban J connectivity index is 2.40. The first-order chi connectivity index (χ1) is 10.0. The predicted molar refractivity (Wildman–Crippen MR) is 74.2 cm³/mol. The van der Waals surface area contributed by atoms with E-state index in [-0.39, 0.29) is 13.0 Å². The molecule has 0 aromatic heterocycles. The van der Waals surface area contributed by atoms with Gasteiger partial charge in [-0.25, -0.2) is 4.79 Å². The van der Waals surface area contributed by atoms with Gasteiger partial charge < -0.3 is 25.1 Å². The number of hydrogen-bond acceptors (Lipinski definition) is 6. The van der Waals surface area contributed by atoms with E-state index in [0.717, 1.165) is 5.56 Å². The number of carbonyl (C=O) groups is 2. The molecule has 1 unspecified atom stereocenters. The highest BCUT2D eigenvalue weighted by atomic mass is 16.7. The third-order valence-corrected chi connectivity index (χ3v) is 2.61. The van der Waals surface area contributed by atoms with Crippen LogP contribution in [0, 0.1) is 0 Å². The lowest BCUT2D eigenvalue weighted by Gasteiger charge is -2.08. The van der Waals surface area contributed by atoms with E-state index in [4.69, 9.17) is 25.1 Å². The number of ether oxygens (including phenoxy) is 3. The van der Waals surface area contributed by atoms with Crippen LogP contribution >= 0.6 is 0 Å². The van der Waals surface area contributed by atoms with Gasteiger partial charge in [-0.15, -0.1) is 0 Å². The molecule has 0 aliphatic rings. The van der Waals surface area contributed by atoms with Gasteiger partial charge in [0.1, 0.15) is 11.8 Å². The number of nitrogens with two attached hydrogens (primary N) is 1. The van der Waals surface area contributed by atoms with Crippen LogP contribution in [0.1, 0.15) is 12.0 Å². The Morgan fingerprint density at radius 2 is 1.90 bits per heavy atom. The summed E-state index contributed by atoms with van der Waals surface area (Å²) in [5.41, 5.74) is 6.17. The first kappa shape index (κ1) is 16.9. The molecule has 0 aliphatic heterocycles.